The van der Waals surface area contributed by atoms with Gasteiger partial charge in [0.25, 0.3) is 5.91 Å². The van der Waals surface area contributed by atoms with Gasteiger partial charge in [-0.05, 0) is 56.9 Å². The van der Waals surface area contributed by atoms with Crippen molar-refractivity contribution in [2.75, 3.05) is 13.1 Å². The van der Waals surface area contributed by atoms with Crippen molar-refractivity contribution < 1.29 is 13.6 Å². The van der Waals surface area contributed by atoms with Crippen LogP contribution in [0, 0.1) is 20.8 Å². The van der Waals surface area contributed by atoms with E-state index < -0.39 is 0 Å². The van der Waals surface area contributed by atoms with Gasteiger partial charge in [-0.3, -0.25) is 4.79 Å². The van der Waals surface area contributed by atoms with Gasteiger partial charge in [-0.1, -0.05) is 24.3 Å². The Hall–Kier alpha value is -3.08. The van der Waals surface area contributed by atoms with Crippen molar-refractivity contribution in [3.8, 4) is 0 Å². The van der Waals surface area contributed by atoms with E-state index in [1.807, 2.05) is 49.1 Å². The molecule has 2 aromatic heterocycles. The highest BCUT2D eigenvalue weighted by Gasteiger charge is 2.30. The second-order valence-electron chi connectivity index (χ2n) is 8.03. The molecule has 0 spiro atoms. The lowest BCUT2D eigenvalue weighted by molar-refractivity contribution is 0.0676. The first-order chi connectivity index (χ1) is 14.0. The monoisotopic (exact) mass is 388 g/mol. The second-order valence-corrected chi connectivity index (χ2v) is 8.03. The zero-order valence-corrected chi connectivity index (χ0v) is 17.0. The normalized spacial score (nSPS) is 15.5. The maximum atomic E-state index is 13.2. The average molecular weight is 388 g/mol. The number of aryl methyl sites for hydroxylation is 3. The molecule has 2 aromatic carbocycles. The Morgan fingerprint density at radius 3 is 2.52 bits per heavy atom. The number of aromatic nitrogens is 1. The van der Waals surface area contributed by atoms with Crippen LogP contribution in [0.15, 0.2) is 45.2 Å². The van der Waals surface area contributed by atoms with Crippen LogP contribution in [-0.2, 0) is 0 Å². The summed E-state index contributed by atoms with van der Waals surface area (Å²) in [6, 6.07) is 12.0. The lowest BCUT2D eigenvalue weighted by atomic mass is 9.96. The van der Waals surface area contributed by atoms with E-state index in [9.17, 15) is 4.79 Å². The van der Waals surface area contributed by atoms with E-state index in [-0.39, 0.29) is 11.8 Å². The van der Waals surface area contributed by atoms with Gasteiger partial charge in [0.05, 0.1) is 0 Å². The number of carbonyl (C=O) groups is 1. The molecule has 0 atom stereocenters. The Morgan fingerprint density at radius 2 is 1.76 bits per heavy atom. The van der Waals surface area contributed by atoms with E-state index in [2.05, 4.69) is 18.0 Å². The van der Waals surface area contributed by atoms with Gasteiger partial charge in [-0.15, -0.1) is 0 Å². The molecule has 0 radical (unpaired) electrons. The number of fused-ring (bicyclic) bond motifs is 2. The highest BCUT2D eigenvalue weighted by atomic mass is 16.4. The second kappa shape index (κ2) is 6.76. The van der Waals surface area contributed by atoms with Gasteiger partial charge in [0.15, 0.2) is 17.2 Å². The molecule has 1 fully saturated rings. The summed E-state index contributed by atoms with van der Waals surface area (Å²) in [4.78, 5) is 19.7. The van der Waals surface area contributed by atoms with Gasteiger partial charge < -0.3 is 13.7 Å². The zero-order valence-electron chi connectivity index (χ0n) is 17.0. The molecule has 148 valence electrons. The molecule has 5 rings (SSSR count). The topological polar surface area (TPSA) is 59.5 Å². The van der Waals surface area contributed by atoms with Gasteiger partial charge in [-0.25, -0.2) is 4.98 Å². The summed E-state index contributed by atoms with van der Waals surface area (Å²) in [5, 5.41) is 1.03. The minimum absolute atomic E-state index is 0.0215. The Balaban J connectivity index is 1.35. The number of benzene rings is 2. The molecule has 0 saturated carbocycles. The van der Waals surface area contributed by atoms with E-state index in [0.29, 0.717) is 18.8 Å². The molecule has 1 aliphatic heterocycles. The van der Waals surface area contributed by atoms with Crippen molar-refractivity contribution >= 4 is 28.0 Å². The number of rotatable bonds is 2. The molecule has 3 heterocycles. The third kappa shape index (κ3) is 2.92. The van der Waals surface area contributed by atoms with Crippen LogP contribution in [0.2, 0.25) is 0 Å². The van der Waals surface area contributed by atoms with Crippen LogP contribution in [0.5, 0.6) is 0 Å². The third-order valence-corrected chi connectivity index (χ3v) is 6.26. The van der Waals surface area contributed by atoms with Crippen LogP contribution >= 0.6 is 0 Å². The Labute approximate surface area is 169 Å². The third-order valence-electron chi connectivity index (χ3n) is 6.26. The number of amides is 1. The highest BCUT2D eigenvalue weighted by Crippen LogP contribution is 2.33. The van der Waals surface area contributed by atoms with Crippen LogP contribution in [0.1, 0.15) is 51.9 Å². The van der Waals surface area contributed by atoms with E-state index in [1.165, 1.54) is 5.56 Å². The smallest absolute Gasteiger partial charge is 0.289 e. The van der Waals surface area contributed by atoms with Crippen LogP contribution in [0.3, 0.4) is 0 Å². The molecular formula is C24H24N2O3. The van der Waals surface area contributed by atoms with Crippen molar-refractivity contribution in [2.45, 2.75) is 39.5 Å². The molecule has 0 N–H and O–H groups in total. The van der Waals surface area contributed by atoms with E-state index in [1.54, 1.807) is 0 Å². The number of para-hydroxylation sites is 2. The molecular weight excluding hydrogens is 364 g/mol. The largest absolute Gasteiger partial charge is 0.450 e. The fraction of sp³-hybridized carbons (Fsp3) is 0.333. The average Bonchev–Trinajstić information content (AvgIpc) is 3.32. The summed E-state index contributed by atoms with van der Waals surface area (Å²) in [5.74, 6) is 1.47. The summed E-state index contributed by atoms with van der Waals surface area (Å²) in [5.41, 5.74) is 5.74. The van der Waals surface area contributed by atoms with Gasteiger partial charge >= 0.3 is 0 Å². The number of likely N-dealkylation sites (tertiary alicyclic amines) is 1. The Kier molecular flexibility index (Phi) is 4.19. The van der Waals surface area contributed by atoms with Gasteiger partial charge in [0.2, 0.25) is 0 Å². The molecule has 0 bridgehead atoms. The number of oxazole rings is 1. The first-order valence-electron chi connectivity index (χ1n) is 10.2. The molecule has 1 aliphatic rings. The first-order valence-corrected chi connectivity index (χ1v) is 10.2. The minimum Gasteiger partial charge on any atom is -0.450 e. The molecule has 5 nitrogen and oxygen atoms in total. The summed E-state index contributed by atoms with van der Waals surface area (Å²) >= 11 is 0. The summed E-state index contributed by atoms with van der Waals surface area (Å²) < 4.78 is 12.0. The van der Waals surface area contributed by atoms with Crippen LogP contribution in [0.25, 0.3) is 22.1 Å². The van der Waals surface area contributed by atoms with Crippen molar-refractivity contribution in [3.05, 3.63) is 64.7 Å². The lowest BCUT2D eigenvalue weighted by Crippen LogP contribution is -2.38. The molecule has 29 heavy (non-hydrogen) atoms. The predicted octanol–water partition coefficient (Wildman–Crippen LogP) is 5.52. The zero-order chi connectivity index (χ0) is 20.1. The maximum Gasteiger partial charge on any atom is 0.289 e. The number of carbonyl (C=O) groups excluding carboxylic acids is 1. The van der Waals surface area contributed by atoms with Crippen LogP contribution in [-0.4, -0.2) is 28.9 Å². The Bertz CT molecular complexity index is 1190. The number of piperidine rings is 1. The fourth-order valence-electron chi connectivity index (χ4n) is 4.26. The SMILES string of the molecule is Cc1ccc2c(C)c(C(=O)N3CCC(c4nc5ccccc5o4)CC3)oc2c1C. The molecule has 1 saturated heterocycles. The predicted molar refractivity (Wildman–Crippen MR) is 112 cm³/mol. The van der Waals surface area contributed by atoms with E-state index in [0.717, 1.165) is 51.9 Å². The van der Waals surface area contributed by atoms with Gasteiger partial charge in [-0.2, -0.15) is 0 Å². The minimum atomic E-state index is -0.0215. The molecule has 0 aliphatic carbocycles. The summed E-state index contributed by atoms with van der Waals surface area (Å²) in [6.07, 6.45) is 1.69. The number of nitrogens with zero attached hydrogens (tertiary/aromatic N) is 2. The molecule has 1 amide bonds. The van der Waals surface area contributed by atoms with Crippen molar-refractivity contribution in [1.82, 2.24) is 9.88 Å². The first kappa shape index (κ1) is 18.0. The summed E-state index contributed by atoms with van der Waals surface area (Å²) in [7, 11) is 0. The lowest BCUT2D eigenvalue weighted by Gasteiger charge is -2.30. The Morgan fingerprint density at radius 1 is 1.00 bits per heavy atom. The quantitative estimate of drug-likeness (QED) is 0.454. The van der Waals surface area contributed by atoms with Crippen molar-refractivity contribution in [1.29, 1.82) is 0 Å². The number of furan rings is 1. The molecule has 4 aromatic rings. The maximum absolute atomic E-state index is 13.2. The number of hydrogen-bond acceptors (Lipinski definition) is 4. The summed E-state index contributed by atoms with van der Waals surface area (Å²) in [6.45, 7) is 7.43. The van der Waals surface area contributed by atoms with Crippen molar-refractivity contribution in [3.63, 3.8) is 0 Å². The van der Waals surface area contributed by atoms with Gasteiger partial charge in [0, 0.05) is 30.0 Å². The molecule has 0 unspecified atom stereocenters. The highest BCUT2D eigenvalue weighted by molar-refractivity contribution is 5.99. The fourth-order valence-corrected chi connectivity index (χ4v) is 4.26. The standard InChI is InChI=1S/C24H24N2O3/c1-14-8-9-18-16(3)22(29-21(18)15(14)2)24(27)26-12-10-17(11-13-26)23-25-19-6-4-5-7-20(19)28-23/h4-9,17H,10-13H2,1-3H3. The number of hydrogen-bond donors (Lipinski definition) is 0. The van der Waals surface area contributed by atoms with E-state index in [4.69, 9.17) is 8.83 Å². The van der Waals surface area contributed by atoms with Crippen LogP contribution in [0.4, 0.5) is 0 Å². The van der Waals surface area contributed by atoms with E-state index >= 15 is 0 Å². The molecule has 5 heteroatoms. The van der Waals surface area contributed by atoms with Crippen LogP contribution < -0.4 is 0 Å². The van der Waals surface area contributed by atoms with Gasteiger partial charge in [0.1, 0.15) is 11.1 Å². The van der Waals surface area contributed by atoms with Crippen molar-refractivity contribution in [2.24, 2.45) is 0 Å².